The maximum absolute atomic E-state index is 11.5. The van der Waals surface area contributed by atoms with E-state index in [9.17, 15) is 9.59 Å². The third kappa shape index (κ3) is 1.61. The van der Waals surface area contributed by atoms with Crippen LogP contribution in [0.1, 0.15) is 19.6 Å². The van der Waals surface area contributed by atoms with Crippen LogP contribution in [0.5, 0.6) is 0 Å². The summed E-state index contributed by atoms with van der Waals surface area (Å²) in [4.78, 5) is 30.5. The fourth-order valence-electron chi connectivity index (χ4n) is 0.865. The maximum atomic E-state index is 11.5. The van der Waals surface area contributed by atoms with Gasteiger partial charge in [0.25, 0.3) is 11.6 Å². The van der Waals surface area contributed by atoms with E-state index in [1.165, 1.54) is 12.4 Å². The number of carbonyl (C=O) groups excluding carboxylic acids is 2. The Morgan fingerprint density at radius 3 is 1.64 bits per heavy atom. The normalized spacial score (nSPS) is 10.0. The third-order valence-corrected chi connectivity index (χ3v) is 3.00. The van der Waals surface area contributed by atoms with Gasteiger partial charge in [-0.15, -0.1) is 22.7 Å². The Morgan fingerprint density at radius 2 is 1.36 bits per heavy atom. The van der Waals surface area contributed by atoms with E-state index in [2.05, 4.69) is 9.97 Å². The average molecular weight is 224 g/mol. The monoisotopic (exact) mass is 224 g/mol. The van der Waals surface area contributed by atoms with Crippen molar-refractivity contribution in [1.82, 2.24) is 9.97 Å². The summed E-state index contributed by atoms with van der Waals surface area (Å²) in [5, 5.41) is 3.74. The minimum Gasteiger partial charge on any atom is -0.282 e. The zero-order chi connectivity index (χ0) is 9.97. The van der Waals surface area contributed by atoms with Crippen molar-refractivity contribution in [3.8, 4) is 0 Å². The summed E-state index contributed by atoms with van der Waals surface area (Å²) < 4.78 is 0. The van der Waals surface area contributed by atoms with Gasteiger partial charge < -0.3 is 0 Å². The second-order valence-corrected chi connectivity index (χ2v) is 4.12. The molecule has 0 aliphatic carbocycles. The van der Waals surface area contributed by atoms with Gasteiger partial charge in [0, 0.05) is 23.2 Å². The second kappa shape index (κ2) is 3.77. The fourth-order valence-corrected chi connectivity index (χ4v) is 2.01. The average Bonchev–Trinajstić information content (AvgIpc) is 2.87. The topological polar surface area (TPSA) is 59.9 Å². The molecule has 0 saturated heterocycles. The lowest BCUT2D eigenvalue weighted by Crippen LogP contribution is -2.13. The Balaban J connectivity index is 2.26. The van der Waals surface area contributed by atoms with Crippen LogP contribution in [0.2, 0.25) is 0 Å². The molecule has 0 aliphatic heterocycles. The Morgan fingerprint density at radius 1 is 0.929 bits per heavy atom. The van der Waals surface area contributed by atoms with Crippen LogP contribution in [0, 0.1) is 0 Å². The van der Waals surface area contributed by atoms with Crippen molar-refractivity contribution in [2.45, 2.75) is 0 Å². The highest BCUT2D eigenvalue weighted by molar-refractivity contribution is 7.15. The van der Waals surface area contributed by atoms with E-state index in [4.69, 9.17) is 0 Å². The van der Waals surface area contributed by atoms with Crippen molar-refractivity contribution in [3.63, 3.8) is 0 Å². The fraction of sp³-hybridized carbons (Fsp3) is 0. The molecule has 0 aliphatic rings. The molecule has 70 valence electrons. The molecule has 2 aromatic rings. The molecule has 2 heterocycles. The van der Waals surface area contributed by atoms with Gasteiger partial charge in [-0.05, 0) is 0 Å². The number of Topliss-reactive ketones (excluding diaryl/α,β-unsaturated/α-hetero) is 2. The standard InChI is InChI=1S/C8H4N2O2S2/c11-5(7-9-1-3-13-7)6(12)8-10-2-4-14-8/h1-4H. The highest BCUT2D eigenvalue weighted by Crippen LogP contribution is 2.11. The Bertz CT molecular complexity index is 403. The van der Waals surface area contributed by atoms with Gasteiger partial charge in [0.2, 0.25) is 0 Å². The number of hydrogen-bond donors (Lipinski definition) is 0. The highest BCUT2D eigenvalue weighted by atomic mass is 32.1. The van der Waals surface area contributed by atoms with Crippen molar-refractivity contribution in [2.24, 2.45) is 0 Å². The minimum absolute atomic E-state index is 0.213. The third-order valence-electron chi connectivity index (χ3n) is 1.46. The summed E-state index contributed by atoms with van der Waals surface area (Å²) in [6.07, 6.45) is 2.99. The number of thiazole rings is 2. The molecule has 2 rings (SSSR count). The van der Waals surface area contributed by atoms with Crippen molar-refractivity contribution < 1.29 is 9.59 Å². The zero-order valence-electron chi connectivity index (χ0n) is 6.84. The molecule has 0 atom stereocenters. The van der Waals surface area contributed by atoms with E-state index in [1.807, 2.05) is 0 Å². The lowest BCUT2D eigenvalue weighted by atomic mass is 10.3. The molecule has 0 saturated carbocycles. The van der Waals surface area contributed by atoms with Crippen molar-refractivity contribution >= 4 is 34.2 Å². The molecule has 2 aromatic heterocycles. The van der Waals surface area contributed by atoms with E-state index in [0.717, 1.165) is 22.7 Å². The maximum Gasteiger partial charge on any atom is 0.264 e. The van der Waals surface area contributed by atoms with Gasteiger partial charge in [0.15, 0.2) is 10.0 Å². The molecule has 4 nitrogen and oxygen atoms in total. The predicted molar refractivity (Wildman–Crippen MR) is 52.9 cm³/mol. The summed E-state index contributed by atoms with van der Waals surface area (Å²) in [6.45, 7) is 0. The lowest BCUT2D eigenvalue weighted by Gasteiger charge is -1.90. The van der Waals surface area contributed by atoms with Crippen LogP contribution < -0.4 is 0 Å². The van der Waals surface area contributed by atoms with Crippen LogP contribution in [0.25, 0.3) is 0 Å². The highest BCUT2D eigenvalue weighted by Gasteiger charge is 2.22. The quantitative estimate of drug-likeness (QED) is 0.587. The summed E-state index contributed by atoms with van der Waals surface area (Å²) in [6, 6.07) is 0. The predicted octanol–water partition coefficient (Wildman–Crippen LogP) is 1.67. The van der Waals surface area contributed by atoms with Crippen molar-refractivity contribution in [1.29, 1.82) is 0 Å². The van der Waals surface area contributed by atoms with Gasteiger partial charge >= 0.3 is 0 Å². The molecule has 0 N–H and O–H groups in total. The molecular weight excluding hydrogens is 220 g/mol. The first kappa shape index (κ1) is 9.17. The number of hydrogen-bond acceptors (Lipinski definition) is 6. The molecule has 0 bridgehead atoms. The first-order valence-electron chi connectivity index (χ1n) is 3.67. The van der Waals surface area contributed by atoms with E-state index in [0.29, 0.717) is 0 Å². The number of carbonyl (C=O) groups is 2. The van der Waals surface area contributed by atoms with E-state index in [1.54, 1.807) is 10.8 Å². The zero-order valence-corrected chi connectivity index (χ0v) is 8.47. The van der Waals surface area contributed by atoms with Gasteiger partial charge in [0.1, 0.15) is 0 Å². The summed E-state index contributed by atoms with van der Waals surface area (Å²) in [7, 11) is 0. The molecule has 0 amide bonds. The molecule has 0 unspecified atom stereocenters. The van der Waals surface area contributed by atoms with Crippen LogP contribution in [-0.4, -0.2) is 21.5 Å². The first-order chi connectivity index (χ1) is 6.79. The van der Waals surface area contributed by atoms with Crippen LogP contribution in [0.4, 0.5) is 0 Å². The summed E-state index contributed by atoms with van der Waals surface area (Å²) in [5.74, 6) is -1.18. The van der Waals surface area contributed by atoms with Crippen molar-refractivity contribution in [2.75, 3.05) is 0 Å². The SMILES string of the molecule is O=C(C(=O)c1nccs1)c1nccs1. The molecule has 14 heavy (non-hydrogen) atoms. The molecule has 0 aromatic carbocycles. The number of rotatable bonds is 3. The van der Waals surface area contributed by atoms with Crippen LogP contribution in [-0.2, 0) is 0 Å². The van der Waals surface area contributed by atoms with E-state index < -0.39 is 11.6 Å². The van der Waals surface area contributed by atoms with Crippen LogP contribution >= 0.6 is 22.7 Å². The number of nitrogens with zero attached hydrogens (tertiary/aromatic N) is 2. The molecule has 0 spiro atoms. The smallest absolute Gasteiger partial charge is 0.264 e. The molecule has 6 heteroatoms. The van der Waals surface area contributed by atoms with Crippen LogP contribution in [0.3, 0.4) is 0 Å². The Labute approximate surface area is 87.3 Å². The molecule has 0 fully saturated rings. The lowest BCUT2D eigenvalue weighted by molar-refractivity contribution is 0.0816. The molecular formula is C8H4N2O2S2. The Hall–Kier alpha value is -1.40. The van der Waals surface area contributed by atoms with E-state index >= 15 is 0 Å². The van der Waals surface area contributed by atoms with Gasteiger partial charge in [-0.2, -0.15) is 0 Å². The first-order valence-corrected chi connectivity index (χ1v) is 5.43. The van der Waals surface area contributed by atoms with Gasteiger partial charge in [-0.1, -0.05) is 0 Å². The van der Waals surface area contributed by atoms with E-state index in [-0.39, 0.29) is 10.0 Å². The van der Waals surface area contributed by atoms with Crippen LogP contribution in [0.15, 0.2) is 23.2 Å². The largest absolute Gasteiger partial charge is 0.282 e. The Kier molecular flexibility index (Phi) is 2.47. The van der Waals surface area contributed by atoms with Gasteiger partial charge in [-0.25, -0.2) is 9.97 Å². The number of ketones is 2. The summed E-state index contributed by atoms with van der Waals surface area (Å²) in [5.41, 5.74) is 0. The van der Waals surface area contributed by atoms with Gasteiger partial charge in [-0.3, -0.25) is 9.59 Å². The second-order valence-electron chi connectivity index (χ2n) is 2.33. The summed E-state index contributed by atoms with van der Waals surface area (Å²) >= 11 is 2.30. The minimum atomic E-state index is -0.588. The van der Waals surface area contributed by atoms with Gasteiger partial charge in [0.05, 0.1) is 0 Å². The molecule has 0 radical (unpaired) electrons. The number of aromatic nitrogens is 2. The van der Waals surface area contributed by atoms with Crippen molar-refractivity contribution in [3.05, 3.63) is 33.2 Å².